The molecule has 0 aliphatic carbocycles. The first-order valence-electron chi connectivity index (χ1n) is 13.2. The number of rotatable bonds is 8. The lowest BCUT2D eigenvalue weighted by Crippen LogP contribution is -2.40. The molecule has 1 atom stereocenters. The van der Waals surface area contributed by atoms with E-state index < -0.39 is 0 Å². The van der Waals surface area contributed by atoms with E-state index in [0.29, 0.717) is 54.7 Å². The summed E-state index contributed by atoms with van der Waals surface area (Å²) in [6, 6.07) is 11.6. The molecule has 2 aliphatic heterocycles. The van der Waals surface area contributed by atoms with Gasteiger partial charge in [-0.3, -0.25) is 4.79 Å². The number of fused-ring (bicyclic) bond motifs is 1. The molecule has 39 heavy (non-hydrogen) atoms. The van der Waals surface area contributed by atoms with Gasteiger partial charge in [-0.25, -0.2) is 15.0 Å². The average molecular weight is 528 g/mol. The number of carbonyl (C=O) groups is 1. The molecule has 1 aromatic carbocycles. The predicted octanol–water partition coefficient (Wildman–Crippen LogP) is 4.53. The lowest BCUT2D eigenvalue weighted by atomic mass is 9.77. The van der Waals surface area contributed by atoms with Crippen LogP contribution in [0.2, 0.25) is 0 Å². The van der Waals surface area contributed by atoms with Gasteiger partial charge in [-0.2, -0.15) is 5.26 Å². The first-order valence-corrected chi connectivity index (χ1v) is 13.2. The van der Waals surface area contributed by atoms with Crippen LogP contribution in [-0.4, -0.2) is 65.7 Å². The van der Waals surface area contributed by atoms with Crippen molar-refractivity contribution in [1.82, 2.24) is 19.9 Å². The monoisotopic (exact) mass is 527 g/mol. The normalized spacial score (nSPS) is 18.7. The van der Waals surface area contributed by atoms with Crippen LogP contribution in [0.15, 0.2) is 42.7 Å². The third kappa shape index (κ3) is 5.22. The Kier molecular flexibility index (Phi) is 7.61. The maximum absolute atomic E-state index is 13.1. The Labute approximate surface area is 228 Å². The summed E-state index contributed by atoms with van der Waals surface area (Å²) in [4.78, 5) is 28.6. The Bertz CT molecular complexity index is 1400. The number of aromatic nitrogens is 3. The minimum Gasteiger partial charge on any atom is -0.495 e. The van der Waals surface area contributed by atoms with E-state index in [0.717, 1.165) is 36.2 Å². The standard InChI is InChI=1S/C29H33N7O3/c1-4-29(10-11-30)18-33-26-22(29)15-20(17-32-26)23-7-12-31-28(34-23)35-24-6-5-19(16-25(24)39-3)27(37)36-13-8-21(38-2)9-14-36/h5-7,12,15-17,21H,4,8-10,13-14,18H2,1-3H3,(H,32,33)(H,31,34,35). The van der Waals surface area contributed by atoms with Crippen LogP contribution in [0, 0.1) is 11.3 Å². The van der Waals surface area contributed by atoms with Gasteiger partial charge in [0.15, 0.2) is 0 Å². The largest absolute Gasteiger partial charge is 0.495 e. The van der Waals surface area contributed by atoms with Crippen LogP contribution in [0.1, 0.15) is 48.5 Å². The van der Waals surface area contributed by atoms with Gasteiger partial charge in [0.2, 0.25) is 5.95 Å². The van der Waals surface area contributed by atoms with Crippen molar-refractivity contribution < 1.29 is 14.3 Å². The number of nitrogens with zero attached hydrogens (tertiary/aromatic N) is 5. The molecule has 0 radical (unpaired) electrons. The molecule has 1 unspecified atom stereocenters. The molecule has 3 aromatic rings. The highest BCUT2D eigenvalue weighted by Crippen LogP contribution is 2.42. The number of ether oxygens (including phenoxy) is 2. The average Bonchev–Trinajstić information content (AvgIpc) is 3.35. The molecule has 2 N–H and O–H groups in total. The van der Waals surface area contributed by atoms with E-state index in [4.69, 9.17) is 14.5 Å². The van der Waals surface area contributed by atoms with Crippen molar-refractivity contribution in [1.29, 1.82) is 5.26 Å². The van der Waals surface area contributed by atoms with E-state index in [1.165, 1.54) is 0 Å². The third-order valence-corrected chi connectivity index (χ3v) is 7.86. The van der Waals surface area contributed by atoms with Crippen LogP contribution in [0.3, 0.4) is 0 Å². The van der Waals surface area contributed by atoms with E-state index >= 15 is 0 Å². The number of hydrogen-bond acceptors (Lipinski definition) is 9. The van der Waals surface area contributed by atoms with E-state index in [1.807, 2.05) is 17.0 Å². The quantitative estimate of drug-likeness (QED) is 0.435. The van der Waals surface area contributed by atoms with Gasteiger partial charge in [0.05, 0.1) is 30.7 Å². The summed E-state index contributed by atoms with van der Waals surface area (Å²) in [6.45, 7) is 4.14. The van der Waals surface area contributed by atoms with Crippen molar-refractivity contribution in [2.75, 3.05) is 44.5 Å². The van der Waals surface area contributed by atoms with E-state index in [9.17, 15) is 10.1 Å². The summed E-state index contributed by atoms with van der Waals surface area (Å²) in [5.74, 6) is 1.72. The molecule has 2 aliphatic rings. The lowest BCUT2D eigenvalue weighted by Gasteiger charge is -2.31. The first-order chi connectivity index (χ1) is 19.0. The van der Waals surface area contributed by atoms with Gasteiger partial charge in [-0.15, -0.1) is 0 Å². The molecule has 10 heteroatoms. The minimum atomic E-state index is -0.257. The molecule has 0 saturated carbocycles. The van der Waals surface area contributed by atoms with Gasteiger partial charge in [-0.05, 0) is 49.6 Å². The number of methoxy groups -OCH3 is 2. The van der Waals surface area contributed by atoms with Gasteiger partial charge in [0.25, 0.3) is 5.91 Å². The zero-order valence-electron chi connectivity index (χ0n) is 22.5. The summed E-state index contributed by atoms with van der Waals surface area (Å²) in [5, 5.41) is 16.0. The second kappa shape index (κ2) is 11.3. The molecule has 1 saturated heterocycles. The van der Waals surface area contributed by atoms with Gasteiger partial charge in [0.1, 0.15) is 11.6 Å². The fourth-order valence-electron chi connectivity index (χ4n) is 5.35. The van der Waals surface area contributed by atoms with Crippen molar-refractivity contribution in [2.45, 2.75) is 44.1 Å². The predicted molar refractivity (Wildman–Crippen MR) is 148 cm³/mol. The van der Waals surface area contributed by atoms with Crippen molar-refractivity contribution in [3.05, 3.63) is 53.9 Å². The number of nitrogens with one attached hydrogen (secondary N) is 2. The highest BCUT2D eigenvalue weighted by Gasteiger charge is 2.38. The molecule has 10 nitrogen and oxygen atoms in total. The lowest BCUT2D eigenvalue weighted by molar-refractivity contribution is 0.0350. The van der Waals surface area contributed by atoms with Crippen molar-refractivity contribution in [3.8, 4) is 23.1 Å². The Balaban J connectivity index is 1.36. The van der Waals surface area contributed by atoms with E-state index in [1.54, 1.807) is 38.7 Å². The van der Waals surface area contributed by atoms with Crippen LogP contribution < -0.4 is 15.4 Å². The number of pyridine rings is 1. The summed E-state index contributed by atoms with van der Waals surface area (Å²) in [5.41, 5.74) is 3.57. The Morgan fingerprint density at radius 3 is 2.77 bits per heavy atom. The Morgan fingerprint density at radius 1 is 1.23 bits per heavy atom. The fourth-order valence-corrected chi connectivity index (χ4v) is 5.35. The van der Waals surface area contributed by atoms with Crippen LogP contribution >= 0.6 is 0 Å². The van der Waals surface area contributed by atoms with E-state index in [-0.39, 0.29) is 17.4 Å². The number of likely N-dealkylation sites (tertiary alicyclic amines) is 1. The Hall–Kier alpha value is -4.23. The maximum atomic E-state index is 13.1. The smallest absolute Gasteiger partial charge is 0.253 e. The number of nitriles is 1. The number of piperidine rings is 1. The molecule has 1 fully saturated rings. The zero-order valence-corrected chi connectivity index (χ0v) is 22.5. The molecule has 0 spiro atoms. The zero-order chi connectivity index (χ0) is 27.4. The number of hydrogen-bond donors (Lipinski definition) is 2. The molecule has 1 amide bonds. The topological polar surface area (TPSA) is 125 Å². The van der Waals surface area contributed by atoms with Crippen LogP contribution in [0.5, 0.6) is 5.75 Å². The molecular weight excluding hydrogens is 494 g/mol. The van der Waals surface area contributed by atoms with Gasteiger partial charge in [0, 0.05) is 67.7 Å². The second-order valence-electron chi connectivity index (χ2n) is 9.98. The summed E-state index contributed by atoms with van der Waals surface area (Å²) < 4.78 is 11.0. The van der Waals surface area contributed by atoms with Crippen molar-refractivity contribution in [2.24, 2.45) is 0 Å². The SMILES string of the molecule is CCC1(CC#N)CNc2ncc(-c3ccnc(Nc4ccc(C(=O)N5CCC(OC)CC5)cc4OC)n3)cc21. The Morgan fingerprint density at radius 2 is 2.05 bits per heavy atom. The first kappa shape index (κ1) is 26.4. The molecular formula is C29H33N7O3. The third-order valence-electron chi connectivity index (χ3n) is 7.86. The molecule has 4 heterocycles. The summed E-state index contributed by atoms with van der Waals surface area (Å²) in [7, 11) is 3.29. The van der Waals surface area contributed by atoms with Crippen LogP contribution in [0.4, 0.5) is 17.5 Å². The second-order valence-corrected chi connectivity index (χ2v) is 9.98. The summed E-state index contributed by atoms with van der Waals surface area (Å²) >= 11 is 0. The maximum Gasteiger partial charge on any atom is 0.253 e. The van der Waals surface area contributed by atoms with Gasteiger partial charge < -0.3 is 25.0 Å². The number of benzene rings is 1. The van der Waals surface area contributed by atoms with Crippen molar-refractivity contribution >= 4 is 23.4 Å². The minimum absolute atomic E-state index is 0.0224. The number of anilines is 3. The summed E-state index contributed by atoms with van der Waals surface area (Å²) in [6.07, 6.45) is 6.61. The van der Waals surface area contributed by atoms with Gasteiger partial charge in [-0.1, -0.05) is 6.92 Å². The number of carbonyl (C=O) groups excluding carboxylic acids is 1. The van der Waals surface area contributed by atoms with Gasteiger partial charge >= 0.3 is 0 Å². The van der Waals surface area contributed by atoms with Crippen molar-refractivity contribution in [3.63, 3.8) is 0 Å². The highest BCUT2D eigenvalue weighted by atomic mass is 16.5. The van der Waals surface area contributed by atoms with Crippen LogP contribution in [-0.2, 0) is 10.2 Å². The van der Waals surface area contributed by atoms with Crippen LogP contribution in [0.25, 0.3) is 11.3 Å². The fraction of sp³-hybridized carbons (Fsp3) is 0.414. The highest BCUT2D eigenvalue weighted by molar-refractivity contribution is 5.95. The number of amides is 1. The molecule has 202 valence electrons. The molecule has 0 bridgehead atoms. The molecule has 2 aromatic heterocycles. The van der Waals surface area contributed by atoms with E-state index in [2.05, 4.69) is 39.7 Å². The molecule has 5 rings (SSSR count).